The Kier molecular flexibility index (Phi) is 6.54. The second kappa shape index (κ2) is 9.49. The first-order valence-electron chi connectivity index (χ1n) is 11.8. The number of nitrogens with zero attached hydrogens (tertiary/aromatic N) is 2. The monoisotopic (exact) mass is 575 g/mol. The molecule has 1 fully saturated rings. The first kappa shape index (κ1) is 26.9. The number of pyridine rings is 3. The van der Waals surface area contributed by atoms with E-state index in [2.05, 4.69) is 9.97 Å². The Morgan fingerprint density at radius 1 is 1.08 bits per heavy atom. The van der Waals surface area contributed by atoms with Crippen molar-refractivity contribution in [2.45, 2.75) is 37.0 Å². The summed E-state index contributed by atoms with van der Waals surface area (Å²) in [4.78, 5) is 31.5. The number of benzene rings is 1. The van der Waals surface area contributed by atoms with Gasteiger partial charge < -0.3 is 4.98 Å². The van der Waals surface area contributed by atoms with Crippen LogP contribution in [0, 0.1) is 31.3 Å². The highest BCUT2D eigenvalue weighted by molar-refractivity contribution is 7.90. The van der Waals surface area contributed by atoms with E-state index < -0.39 is 54.9 Å². The van der Waals surface area contributed by atoms with Gasteiger partial charge in [0.25, 0.3) is 11.1 Å². The number of rotatable bonds is 5. The van der Waals surface area contributed by atoms with Crippen molar-refractivity contribution in [1.82, 2.24) is 14.5 Å². The zero-order valence-corrected chi connectivity index (χ0v) is 22.4. The van der Waals surface area contributed by atoms with Crippen LogP contribution in [0.25, 0.3) is 16.9 Å². The Morgan fingerprint density at radius 2 is 1.79 bits per heavy atom. The smallest absolute Gasteiger partial charge is 0.274 e. The molecule has 202 valence electrons. The van der Waals surface area contributed by atoms with Gasteiger partial charge >= 0.3 is 0 Å². The molecule has 2 atom stereocenters. The maximum absolute atomic E-state index is 16.0. The maximum atomic E-state index is 16.0. The lowest BCUT2D eigenvalue weighted by molar-refractivity contribution is 0.569. The van der Waals surface area contributed by atoms with E-state index >= 15 is 8.78 Å². The van der Waals surface area contributed by atoms with Crippen molar-refractivity contribution in [1.29, 1.82) is 0 Å². The fourth-order valence-corrected chi connectivity index (χ4v) is 6.00. The zero-order chi connectivity index (χ0) is 28.4. The van der Waals surface area contributed by atoms with Gasteiger partial charge in [0, 0.05) is 29.9 Å². The van der Waals surface area contributed by atoms with Gasteiger partial charge in [0.15, 0.2) is 21.5 Å². The summed E-state index contributed by atoms with van der Waals surface area (Å²) >= 11 is 6.47. The van der Waals surface area contributed by atoms with E-state index in [-0.39, 0.29) is 39.0 Å². The summed E-state index contributed by atoms with van der Waals surface area (Å²) in [6, 6.07) is 6.25. The molecule has 0 radical (unpaired) electrons. The van der Waals surface area contributed by atoms with Crippen molar-refractivity contribution >= 4 is 21.4 Å². The molecule has 1 saturated carbocycles. The van der Waals surface area contributed by atoms with E-state index in [1.54, 1.807) is 13.0 Å². The molecule has 39 heavy (non-hydrogen) atoms. The molecule has 1 unspecified atom stereocenters. The van der Waals surface area contributed by atoms with Crippen molar-refractivity contribution in [3.8, 4) is 16.9 Å². The molecule has 0 aliphatic heterocycles. The van der Waals surface area contributed by atoms with Gasteiger partial charge in [0.05, 0.1) is 11.3 Å². The first-order valence-corrected chi connectivity index (χ1v) is 14.0. The van der Waals surface area contributed by atoms with Crippen LogP contribution < -0.4 is 11.1 Å². The van der Waals surface area contributed by atoms with Crippen LogP contribution in [0.3, 0.4) is 0 Å². The van der Waals surface area contributed by atoms with Gasteiger partial charge in [-0.25, -0.2) is 21.6 Å². The van der Waals surface area contributed by atoms with Gasteiger partial charge in [0.1, 0.15) is 21.4 Å². The quantitative estimate of drug-likeness (QED) is 0.363. The van der Waals surface area contributed by atoms with Crippen molar-refractivity contribution < 1.29 is 21.6 Å². The summed E-state index contributed by atoms with van der Waals surface area (Å²) in [7, 11) is -3.95. The van der Waals surface area contributed by atoms with Crippen LogP contribution >= 0.6 is 11.6 Å². The number of hydrogen-bond donors (Lipinski definition) is 1. The summed E-state index contributed by atoms with van der Waals surface area (Å²) in [5.41, 5.74) is -1.49. The molecule has 0 bridgehead atoms. The predicted octanol–water partition coefficient (Wildman–Crippen LogP) is 4.95. The van der Waals surface area contributed by atoms with Crippen LogP contribution in [0.5, 0.6) is 0 Å². The van der Waals surface area contributed by atoms with E-state index in [1.807, 2.05) is 0 Å². The maximum Gasteiger partial charge on any atom is 0.274 e. The number of aromatic amines is 1. The molecular formula is C27H21ClF3N3O4S. The third-order valence-electron chi connectivity index (χ3n) is 6.89. The lowest BCUT2D eigenvalue weighted by Gasteiger charge is -2.18. The van der Waals surface area contributed by atoms with Crippen LogP contribution in [0.1, 0.15) is 40.6 Å². The highest BCUT2D eigenvalue weighted by atomic mass is 35.5. The molecule has 1 aromatic carbocycles. The molecule has 0 spiro atoms. The number of sulfone groups is 1. The standard InChI is InChI=1S/C27H21ClF3N3O4S/c1-12-11-33-24(14-5-4-6-19(22(14)30)39(3,37)38)23(31)25(12)34-13(2)9-17(21(28)27(34)36)15-10-16(15)20-18(29)7-8-32-26(20)35/h4-9,11,15-16H,10H2,1-3H3,(H,32,35)/t15-,16?/m1/s1. The molecule has 7 nitrogen and oxygen atoms in total. The highest BCUT2D eigenvalue weighted by Gasteiger charge is 2.44. The molecule has 3 aromatic heterocycles. The average Bonchev–Trinajstić information content (AvgIpc) is 3.63. The Labute approximate surface area is 225 Å². The van der Waals surface area contributed by atoms with Crippen LogP contribution in [0.2, 0.25) is 5.02 Å². The number of hydrogen-bond acceptors (Lipinski definition) is 5. The van der Waals surface area contributed by atoms with E-state index in [0.717, 1.165) is 23.0 Å². The van der Waals surface area contributed by atoms with Crippen LogP contribution in [-0.4, -0.2) is 29.2 Å². The minimum atomic E-state index is -3.95. The third kappa shape index (κ3) is 4.49. The van der Waals surface area contributed by atoms with Gasteiger partial charge in [-0.05, 0) is 67.5 Å². The number of H-pyrrole nitrogens is 1. The summed E-state index contributed by atoms with van der Waals surface area (Å²) in [6.07, 6.45) is 3.68. The lowest BCUT2D eigenvalue weighted by atomic mass is 10.0. The molecule has 0 amide bonds. The Balaban J connectivity index is 1.64. The number of nitrogens with one attached hydrogen (secondary N) is 1. The normalized spacial score (nSPS) is 16.9. The second-order valence-electron chi connectivity index (χ2n) is 9.55. The minimum absolute atomic E-state index is 0.0144. The zero-order valence-electron chi connectivity index (χ0n) is 20.9. The molecule has 1 aliphatic rings. The number of aryl methyl sites for hydroxylation is 2. The molecular weight excluding hydrogens is 555 g/mol. The summed E-state index contributed by atoms with van der Waals surface area (Å²) in [6.45, 7) is 3.06. The SMILES string of the molecule is Cc1cnc(-c2cccc(S(C)(=O)=O)c2F)c(F)c1-n1c(C)cc([C@@H]2CC2c2c(F)cc[nH]c2=O)c(Cl)c1=O. The minimum Gasteiger partial charge on any atom is -0.329 e. The topological polar surface area (TPSA) is 102 Å². The van der Waals surface area contributed by atoms with Crippen molar-refractivity contribution in [3.05, 3.63) is 108 Å². The molecule has 3 heterocycles. The molecule has 1 aliphatic carbocycles. The first-order chi connectivity index (χ1) is 18.3. The summed E-state index contributed by atoms with van der Waals surface area (Å²) in [5, 5.41) is -0.219. The van der Waals surface area contributed by atoms with Crippen LogP contribution in [-0.2, 0) is 9.84 Å². The lowest BCUT2D eigenvalue weighted by Crippen LogP contribution is -2.24. The van der Waals surface area contributed by atoms with Crippen molar-refractivity contribution in [3.63, 3.8) is 0 Å². The van der Waals surface area contributed by atoms with Gasteiger partial charge in [-0.3, -0.25) is 19.1 Å². The Bertz CT molecular complexity index is 1900. The second-order valence-corrected chi connectivity index (χ2v) is 11.9. The molecule has 1 N–H and O–H groups in total. The van der Waals surface area contributed by atoms with Gasteiger partial charge in [-0.15, -0.1) is 0 Å². The Hall–Kier alpha value is -3.70. The largest absolute Gasteiger partial charge is 0.329 e. The number of halogens is 4. The van der Waals surface area contributed by atoms with E-state index in [0.29, 0.717) is 12.0 Å². The van der Waals surface area contributed by atoms with Crippen LogP contribution in [0.4, 0.5) is 13.2 Å². The van der Waals surface area contributed by atoms with Gasteiger partial charge in [-0.1, -0.05) is 17.7 Å². The average molecular weight is 576 g/mol. The fraction of sp³-hybridized carbons (Fsp3) is 0.222. The van der Waals surface area contributed by atoms with E-state index in [4.69, 9.17) is 11.6 Å². The summed E-state index contributed by atoms with van der Waals surface area (Å²) < 4.78 is 70.5. The predicted molar refractivity (Wildman–Crippen MR) is 140 cm³/mol. The number of aromatic nitrogens is 3. The highest BCUT2D eigenvalue weighted by Crippen LogP contribution is 2.55. The Morgan fingerprint density at radius 3 is 2.46 bits per heavy atom. The third-order valence-corrected chi connectivity index (χ3v) is 8.38. The van der Waals surface area contributed by atoms with Crippen LogP contribution in [0.15, 0.2) is 57.2 Å². The molecule has 4 aromatic rings. The van der Waals surface area contributed by atoms with E-state index in [1.165, 1.54) is 31.5 Å². The van der Waals surface area contributed by atoms with Gasteiger partial charge in [-0.2, -0.15) is 0 Å². The molecule has 12 heteroatoms. The fourth-order valence-electron chi connectivity index (χ4n) is 4.96. The van der Waals surface area contributed by atoms with Crippen molar-refractivity contribution in [2.24, 2.45) is 0 Å². The van der Waals surface area contributed by atoms with Gasteiger partial charge in [0.2, 0.25) is 0 Å². The van der Waals surface area contributed by atoms with Crippen molar-refractivity contribution in [2.75, 3.05) is 6.26 Å². The molecule has 0 saturated heterocycles. The summed E-state index contributed by atoms with van der Waals surface area (Å²) in [5.74, 6) is -3.72. The van der Waals surface area contributed by atoms with E-state index in [9.17, 15) is 22.4 Å². The molecule has 5 rings (SSSR count).